The lowest BCUT2D eigenvalue weighted by Gasteiger charge is -2.26. The molecule has 0 bridgehead atoms. The second-order valence-corrected chi connectivity index (χ2v) is 9.17. The van der Waals surface area contributed by atoms with E-state index in [9.17, 15) is 4.79 Å². The van der Waals surface area contributed by atoms with E-state index in [2.05, 4.69) is 30.7 Å². The predicted octanol–water partition coefficient (Wildman–Crippen LogP) is 5.98. The Morgan fingerprint density at radius 2 is 1.87 bits per heavy atom. The van der Waals surface area contributed by atoms with Crippen LogP contribution in [0.15, 0.2) is 47.2 Å². The van der Waals surface area contributed by atoms with Crippen molar-refractivity contribution >= 4 is 17.5 Å². The number of hydrogen-bond acceptors (Lipinski definition) is 4. The molecule has 0 N–H and O–H groups in total. The highest BCUT2D eigenvalue weighted by Crippen LogP contribution is 2.32. The van der Waals surface area contributed by atoms with E-state index in [0.29, 0.717) is 22.2 Å². The first-order valence-corrected chi connectivity index (χ1v) is 10.7. The molecule has 0 aliphatic carbocycles. The summed E-state index contributed by atoms with van der Waals surface area (Å²) < 4.78 is 5.73. The third-order valence-corrected chi connectivity index (χ3v) is 5.73. The van der Waals surface area contributed by atoms with Gasteiger partial charge in [0, 0.05) is 47.1 Å². The van der Waals surface area contributed by atoms with E-state index in [4.69, 9.17) is 16.0 Å². The Bertz CT molecular complexity index is 1060. The molecule has 5 nitrogen and oxygen atoms in total. The molecule has 3 aromatic rings. The van der Waals surface area contributed by atoms with Gasteiger partial charge in [-0.25, -0.2) is 4.98 Å². The zero-order valence-electron chi connectivity index (χ0n) is 17.6. The molecule has 1 aromatic carbocycles. The lowest BCUT2D eigenvalue weighted by molar-refractivity contribution is 0.0724. The van der Waals surface area contributed by atoms with Crippen LogP contribution in [0.2, 0.25) is 5.02 Å². The van der Waals surface area contributed by atoms with Crippen molar-refractivity contribution in [1.29, 1.82) is 0 Å². The molecule has 4 rings (SSSR count). The monoisotopic (exact) mass is 423 g/mol. The summed E-state index contributed by atoms with van der Waals surface area (Å²) in [4.78, 5) is 23.7. The summed E-state index contributed by atoms with van der Waals surface area (Å²) in [5, 5.41) is 0.489. The number of likely N-dealkylation sites (tertiary alicyclic amines) is 1. The molecular weight excluding hydrogens is 398 g/mol. The van der Waals surface area contributed by atoms with E-state index in [-0.39, 0.29) is 11.3 Å². The molecule has 0 spiro atoms. The van der Waals surface area contributed by atoms with Crippen LogP contribution >= 0.6 is 11.6 Å². The molecule has 1 fully saturated rings. The zero-order valence-corrected chi connectivity index (χ0v) is 18.4. The molecule has 0 saturated carbocycles. The molecule has 1 aliphatic rings. The van der Waals surface area contributed by atoms with Gasteiger partial charge in [0.2, 0.25) is 5.89 Å². The maximum atomic E-state index is 12.7. The molecule has 0 atom stereocenters. The van der Waals surface area contributed by atoms with Crippen molar-refractivity contribution in [2.45, 2.75) is 45.4 Å². The largest absolute Gasteiger partial charge is 0.444 e. The molecule has 156 valence electrons. The Morgan fingerprint density at radius 3 is 2.57 bits per heavy atom. The van der Waals surface area contributed by atoms with Gasteiger partial charge in [0.1, 0.15) is 12.0 Å². The summed E-state index contributed by atoms with van der Waals surface area (Å²) in [6, 6.07) is 9.27. The Labute approximate surface area is 182 Å². The Balaban J connectivity index is 1.58. The van der Waals surface area contributed by atoms with Gasteiger partial charge in [-0.15, -0.1) is 0 Å². The number of hydrogen-bond donors (Lipinski definition) is 0. The number of piperidine rings is 1. The van der Waals surface area contributed by atoms with Gasteiger partial charge < -0.3 is 9.32 Å². The maximum absolute atomic E-state index is 12.7. The van der Waals surface area contributed by atoms with Gasteiger partial charge in [-0.3, -0.25) is 9.78 Å². The quantitative estimate of drug-likeness (QED) is 0.519. The molecule has 1 amide bonds. The summed E-state index contributed by atoms with van der Waals surface area (Å²) in [6.07, 6.45) is 6.68. The number of carbonyl (C=O) groups is 1. The van der Waals surface area contributed by atoms with Crippen LogP contribution in [0.25, 0.3) is 22.7 Å². The average Bonchev–Trinajstić information content (AvgIpc) is 3.23. The van der Waals surface area contributed by atoms with Gasteiger partial charge >= 0.3 is 0 Å². The number of pyridine rings is 1. The number of nitrogens with zero attached hydrogens (tertiary/aromatic N) is 3. The smallest absolute Gasteiger partial charge is 0.253 e. The van der Waals surface area contributed by atoms with Crippen molar-refractivity contribution in [1.82, 2.24) is 14.9 Å². The molecule has 3 heterocycles. The number of oxazole rings is 1. The van der Waals surface area contributed by atoms with Crippen LogP contribution in [0.4, 0.5) is 0 Å². The van der Waals surface area contributed by atoms with E-state index >= 15 is 0 Å². The highest BCUT2D eigenvalue weighted by Gasteiger charge is 2.21. The summed E-state index contributed by atoms with van der Waals surface area (Å²) in [5.74, 6) is 0.554. The maximum Gasteiger partial charge on any atom is 0.253 e. The Kier molecular flexibility index (Phi) is 5.65. The van der Waals surface area contributed by atoms with Crippen molar-refractivity contribution in [2.75, 3.05) is 13.1 Å². The predicted molar refractivity (Wildman–Crippen MR) is 119 cm³/mol. The summed E-state index contributed by atoms with van der Waals surface area (Å²) in [5.41, 5.74) is 3.77. The summed E-state index contributed by atoms with van der Waals surface area (Å²) >= 11 is 6.52. The first kappa shape index (κ1) is 20.6. The molecular formula is C24H26ClN3O2. The highest BCUT2D eigenvalue weighted by atomic mass is 35.5. The van der Waals surface area contributed by atoms with Crippen LogP contribution in [0.3, 0.4) is 0 Å². The molecule has 30 heavy (non-hydrogen) atoms. The van der Waals surface area contributed by atoms with Gasteiger partial charge in [0.15, 0.2) is 0 Å². The summed E-state index contributed by atoms with van der Waals surface area (Å²) in [6.45, 7) is 7.98. The third kappa shape index (κ3) is 4.26. The van der Waals surface area contributed by atoms with Crippen LogP contribution in [-0.4, -0.2) is 33.9 Å². The first-order valence-electron chi connectivity index (χ1n) is 10.3. The minimum Gasteiger partial charge on any atom is -0.444 e. The Morgan fingerprint density at radius 1 is 1.10 bits per heavy atom. The van der Waals surface area contributed by atoms with E-state index in [1.54, 1.807) is 18.5 Å². The standard InChI is InChI=1S/C24H26ClN3O2/c1-24(2,3)21-14-16(9-10-26-21)22-27-20(15-30-22)18-8-7-17(13-19(18)25)23(29)28-11-5-4-6-12-28/h7-10,13-15H,4-6,11-12H2,1-3H3. The number of benzene rings is 1. The Hall–Kier alpha value is -2.66. The number of carbonyl (C=O) groups excluding carboxylic acids is 1. The minimum atomic E-state index is -0.0640. The van der Waals surface area contributed by atoms with Crippen molar-refractivity contribution in [3.63, 3.8) is 0 Å². The van der Waals surface area contributed by atoms with Gasteiger partial charge in [0.05, 0.1) is 5.02 Å². The molecule has 6 heteroatoms. The van der Waals surface area contributed by atoms with Crippen LogP contribution in [-0.2, 0) is 5.41 Å². The molecule has 0 radical (unpaired) electrons. The van der Waals surface area contributed by atoms with E-state index in [0.717, 1.165) is 42.8 Å². The molecule has 1 saturated heterocycles. The van der Waals surface area contributed by atoms with Crippen LogP contribution in [0.1, 0.15) is 56.1 Å². The van der Waals surface area contributed by atoms with Gasteiger partial charge in [0.25, 0.3) is 5.91 Å². The normalized spacial score (nSPS) is 14.7. The minimum absolute atomic E-state index is 0.0375. The van der Waals surface area contributed by atoms with Gasteiger partial charge in [-0.2, -0.15) is 0 Å². The SMILES string of the molecule is CC(C)(C)c1cc(-c2nc(-c3ccc(C(=O)N4CCCCC4)cc3Cl)co2)ccn1. The van der Waals surface area contributed by atoms with E-state index in [1.807, 2.05) is 29.2 Å². The fraction of sp³-hybridized carbons (Fsp3) is 0.375. The van der Waals surface area contributed by atoms with Crippen LogP contribution < -0.4 is 0 Å². The second-order valence-electron chi connectivity index (χ2n) is 8.77. The van der Waals surface area contributed by atoms with Crippen molar-refractivity contribution in [3.8, 4) is 22.7 Å². The van der Waals surface area contributed by atoms with Crippen LogP contribution in [0, 0.1) is 0 Å². The van der Waals surface area contributed by atoms with Crippen molar-refractivity contribution in [2.24, 2.45) is 0 Å². The number of amides is 1. The number of rotatable bonds is 3. The van der Waals surface area contributed by atoms with E-state index < -0.39 is 0 Å². The summed E-state index contributed by atoms with van der Waals surface area (Å²) in [7, 11) is 0. The molecule has 0 unspecified atom stereocenters. The number of halogens is 1. The topological polar surface area (TPSA) is 59.2 Å². The zero-order chi connectivity index (χ0) is 21.3. The van der Waals surface area contributed by atoms with Gasteiger partial charge in [-0.05, 0) is 43.5 Å². The van der Waals surface area contributed by atoms with Gasteiger partial charge in [-0.1, -0.05) is 38.4 Å². The average molecular weight is 424 g/mol. The lowest BCUT2D eigenvalue weighted by Crippen LogP contribution is -2.35. The molecule has 2 aromatic heterocycles. The fourth-order valence-electron chi connectivity index (χ4n) is 3.64. The fourth-order valence-corrected chi connectivity index (χ4v) is 3.92. The van der Waals surface area contributed by atoms with Crippen molar-refractivity contribution < 1.29 is 9.21 Å². The third-order valence-electron chi connectivity index (χ3n) is 5.41. The van der Waals surface area contributed by atoms with E-state index in [1.165, 1.54) is 6.42 Å². The lowest BCUT2D eigenvalue weighted by atomic mass is 9.91. The number of aromatic nitrogens is 2. The van der Waals surface area contributed by atoms with Crippen LogP contribution in [0.5, 0.6) is 0 Å². The van der Waals surface area contributed by atoms with Crippen molar-refractivity contribution in [3.05, 3.63) is 59.1 Å². The second kappa shape index (κ2) is 8.23. The first-order chi connectivity index (χ1) is 14.3. The highest BCUT2D eigenvalue weighted by molar-refractivity contribution is 6.33. The molecule has 1 aliphatic heterocycles.